The van der Waals surface area contributed by atoms with E-state index in [9.17, 15) is 9.59 Å². The average molecular weight is 387 g/mol. The van der Waals surface area contributed by atoms with E-state index in [0.29, 0.717) is 33.5 Å². The highest BCUT2D eigenvalue weighted by molar-refractivity contribution is 6.34. The van der Waals surface area contributed by atoms with Crippen molar-refractivity contribution in [1.82, 2.24) is 0 Å². The number of rotatable bonds is 4. The Hall–Kier alpha value is -3.06. The van der Waals surface area contributed by atoms with E-state index in [2.05, 4.69) is 5.16 Å². The normalized spacial score (nSPS) is 21.0. The van der Waals surface area contributed by atoms with Crippen molar-refractivity contribution in [3.8, 4) is 11.5 Å². The number of oxime groups is 1. The smallest absolute Gasteiger partial charge is 0.278 e. The molecule has 0 bridgehead atoms. The van der Waals surface area contributed by atoms with Crippen molar-refractivity contribution in [2.45, 2.75) is 6.10 Å². The molecule has 4 rings (SSSR count). The molecule has 0 aromatic heterocycles. The number of amides is 2. The second-order valence-corrected chi connectivity index (χ2v) is 6.48. The molecule has 27 heavy (non-hydrogen) atoms. The molecule has 1 fully saturated rings. The van der Waals surface area contributed by atoms with Gasteiger partial charge in [-0.2, -0.15) is 0 Å². The summed E-state index contributed by atoms with van der Waals surface area (Å²) < 4.78 is 10.5. The predicted molar refractivity (Wildman–Crippen MR) is 98.4 cm³/mol. The van der Waals surface area contributed by atoms with Crippen molar-refractivity contribution < 1.29 is 23.9 Å². The molecule has 2 aromatic carbocycles. The number of hydrogen-bond acceptors (Lipinski definition) is 6. The Balaban J connectivity index is 1.70. The molecule has 2 atom stereocenters. The molecule has 7 nitrogen and oxygen atoms in total. The van der Waals surface area contributed by atoms with E-state index in [1.54, 1.807) is 42.5 Å². The molecule has 0 N–H and O–H groups in total. The van der Waals surface area contributed by atoms with Crippen LogP contribution in [0, 0.1) is 5.92 Å². The molecular weight excluding hydrogens is 372 g/mol. The van der Waals surface area contributed by atoms with Crippen LogP contribution in [0.15, 0.2) is 47.6 Å². The fourth-order valence-corrected chi connectivity index (χ4v) is 3.47. The standard InChI is InChI=1S/C19H15ClN2O5/c1-25-13-7-6-10(8-14(13)26-2)16-15-17(27-21-16)19(24)22(18(15)23)12-5-3-4-11(20)9-12/h3-9,15,17H,1-2H3/t15-,17+/m1/s1. The van der Waals surface area contributed by atoms with Gasteiger partial charge in [-0.3, -0.25) is 9.59 Å². The number of imide groups is 1. The molecule has 2 heterocycles. The highest BCUT2D eigenvalue weighted by atomic mass is 35.5. The zero-order valence-corrected chi connectivity index (χ0v) is 15.3. The molecule has 8 heteroatoms. The minimum Gasteiger partial charge on any atom is -0.493 e. The first-order valence-corrected chi connectivity index (χ1v) is 8.52. The Labute approximate surface area is 160 Å². The summed E-state index contributed by atoms with van der Waals surface area (Å²) in [5, 5.41) is 4.42. The molecule has 2 aromatic rings. The summed E-state index contributed by atoms with van der Waals surface area (Å²) in [6.07, 6.45) is -0.987. The van der Waals surface area contributed by atoms with Crippen LogP contribution >= 0.6 is 11.6 Å². The van der Waals surface area contributed by atoms with Gasteiger partial charge in [-0.25, -0.2) is 4.90 Å². The van der Waals surface area contributed by atoms with Gasteiger partial charge >= 0.3 is 0 Å². The number of ether oxygens (including phenoxy) is 2. The number of hydrogen-bond donors (Lipinski definition) is 0. The number of carbonyl (C=O) groups excluding carboxylic acids is 2. The number of methoxy groups -OCH3 is 2. The Bertz CT molecular complexity index is 974. The van der Waals surface area contributed by atoms with E-state index in [-0.39, 0.29) is 0 Å². The third kappa shape index (κ3) is 2.71. The zero-order valence-electron chi connectivity index (χ0n) is 14.5. The first-order chi connectivity index (χ1) is 13.0. The second kappa shape index (κ2) is 6.59. The van der Waals surface area contributed by atoms with Crippen molar-refractivity contribution in [2.75, 3.05) is 19.1 Å². The topological polar surface area (TPSA) is 77.4 Å². The minimum absolute atomic E-state index is 0.379. The van der Waals surface area contributed by atoms with Gasteiger partial charge in [0.25, 0.3) is 5.91 Å². The number of anilines is 1. The molecule has 138 valence electrons. The van der Waals surface area contributed by atoms with E-state index in [4.69, 9.17) is 25.9 Å². The number of halogens is 1. The van der Waals surface area contributed by atoms with Crippen LogP contribution in [0.3, 0.4) is 0 Å². The van der Waals surface area contributed by atoms with Gasteiger partial charge in [-0.05, 0) is 36.4 Å². The Morgan fingerprint density at radius 3 is 2.52 bits per heavy atom. The van der Waals surface area contributed by atoms with Gasteiger partial charge in [0.15, 0.2) is 11.5 Å². The second-order valence-electron chi connectivity index (χ2n) is 6.04. The molecule has 2 aliphatic rings. The van der Waals surface area contributed by atoms with Crippen LogP contribution in [0.5, 0.6) is 11.5 Å². The summed E-state index contributed by atoms with van der Waals surface area (Å²) in [6.45, 7) is 0. The van der Waals surface area contributed by atoms with Gasteiger partial charge in [0.05, 0.1) is 19.9 Å². The monoisotopic (exact) mass is 386 g/mol. The first kappa shape index (κ1) is 17.4. The quantitative estimate of drug-likeness (QED) is 0.755. The van der Waals surface area contributed by atoms with Crippen LogP contribution in [-0.2, 0) is 14.4 Å². The molecule has 0 aliphatic carbocycles. The lowest BCUT2D eigenvalue weighted by atomic mass is 9.94. The number of carbonyl (C=O) groups is 2. The van der Waals surface area contributed by atoms with E-state index in [0.717, 1.165) is 4.90 Å². The summed E-state index contributed by atoms with van der Waals surface area (Å²) in [5.41, 5.74) is 1.40. The van der Waals surface area contributed by atoms with Crippen molar-refractivity contribution in [3.63, 3.8) is 0 Å². The Morgan fingerprint density at radius 2 is 1.81 bits per heavy atom. The average Bonchev–Trinajstić information content (AvgIpc) is 3.21. The highest BCUT2D eigenvalue weighted by Gasteiger charge is 2.56. The predicted octanol–water partition coefficient (Wildman–Crippen LogP) is 2.65. The molecule has 1 saturated heterocycles. The summed E-state index contributed by atoms with van der Waals surface area (Å²) in [7, 11) is 3.05. The fraction of sp³-hybridized carbons (Fsp3) is 0.211. The maximum Gasteiger partial charge on any atom is 0.278 e. The summed E-state index contributed by atoms with van der Waals surface area (Å²) in [4.78, 5) is 32.1. The van der Waals surface area contributed by atoms with Gasteiger partial charge in [0.1, 0.15) is 11.6 Å². The maximum atomic E-state index is 13.0. The van der Waals surface area contributed by atoms with Crippen LogP contribution in [-0.4, -0.2) is 37.8 Å². The van der Waals surface area contributed by atoms with E-state index in [1.807, 2.05) is 0 Å². The maximum absolute atomic E-state index is 13.0. The number of nitrogens with zero attached hydrogens (tertiary/aromatic N) is 2. The van der Waals surface area contributed by atoms with Crippen LogP contribution in [0.2, 0.25) is 5.02 Å². The van der Waals surface area contributed by atoms with Crippen molar-refractivity contribution in [2.24, 2.45) is 11.1 Å². The number of fused-ring (bicyclic) bond motifs is 1. The molecule has 0 radical (unpaired) electrons. The zero-order chi connectivity index (χ0) is 19.1. The molecule has 0 saturated carbocycles. The summed E-state index contributed by atoms with van der Waals surface area (Å²) >= 11 is 6.00. The fourth-order valence-electron chi connectivity index (χ4n) is 3.28. The van der Waals surface area contributed by atoms with E-state index >= 15 is 0 Å². The van der Waals surface area contributed by atoms with Crippen LogP contribution in [0.4, 0.5) is 5.69 Å². The van der Waals surface area contributed by atoms with Gasteiger partial charge in [0, 0.05) is 10.6 Å². The van der Waals surface area contributed by atoms with E-state index in [1.165, 1.54) is 14.2 Å². The van der Waals surface area contributed by atoms with Crippen LogP contribution in [0.1, 0.15) is 5.56 Å². The Kier molecular flexibility index (Phi) is 4.24. The summed E-state index contributed by atoms with van der Waals surface area (Å²) in [5.74, 6) is -0.657. The SMILES string of the molecule is COc1ccc(C2=NO[C@@H]3C(=O)N(c4cccc(Cl)c4)C(=O)[C@H]23)cc1OC. The lowest BCUT2D eigenvalue weighted by molar-refractivity contribution is -0.126. The summed E-state index contributed by atoms with van der Waals surface area (Å²) in [6, 6.07) is 11.7. The van der Waals surface area contributed by atoms with Gasteiger partial charge in [0.2, 0.25) is 12.0 Å². The van der Waals surface area contributed by atoms with Gasteiger partial charge < -0.3 is 14.3 Å². The molecular formula is C19H15ClN2O5. The minimum atomic E-state index is -0.987. The molecule has 2 aliphatic heterocycles. The van der Waals surface area contributed by atoms with Crippen molar-refractivity contribution in [1.29, 1.82) is 0 Å². The van der Waals surface area contributed by atoms with Crippen molar-refractivity contribution >= 4 is 34.8 Å². The highest BCUT2D eigenvalue weighted by Crippen LogP contribution is 2.37. The van der Waals surface area contributed by atoms with E-state index < -0.39 is 23.8 Å². The number of benzene rings is 2. The first-order valence-electron chi connectivity index (χ1n) is 8.14. The lowest BCUT2D eigenvalue weighted by Crippen LogP contribution is -2.33. The van der Waals surface area contributed by atoms with Crippen molar-refractivity contribution in [3.05, 3.63) is 53.1 Å². The molecule has 0 spiro atoms. The molecule has 2 amide bonds. The third-order valence-electron chi connectivity index (χ3n) is 4.56. The largest absolute Gasteiger partial charge is 0.493 e. The lowest BCUT2D eigenvalue weighted by Gasteiger charge is -2.16. The Morgan fingerprint density at radius 1 is 1.04 bits per heavy atom. The van der Waals surface area contributed by atoms with Gasteiger partial charge in [-0.15, -0.1) is 0 Å². The van der Waals surface area contributed by atoms with Gasteiger partial charge in [-0.1, -0.05) is 22.8 Å². The van der Waals surface area contributed by atoms with Crippen LogP contribution in [0.25, 0.3) is 0 Å². The van der Waals surface area contributed by atoms with Crippen LogP contribution < -0.4 is 14.4 Å². The third-order valence-corrected chi connectivity index (χ3v) is 4.79. The molecule has 0 unspecified atom stereocenters.